The number of aromatic nitrogens is 2. The van der Waals surface area contributed by atoms with E-state index in [0.717, 1.165) is 6.42 Å². The first-order valence-electron chi connectivity index (χ1n) is 4.34. The molecule has 76 valence electrons. The van der Waals surface area contributed by atoms with Gasteiger partial charge in [-0.25, -0.2) is 15.4 Å². The molecular weight excluding hydrogens is 182 g/mol. The van der Waals surface area contributed by atoms with Crippen molar-refractivity contribution in [1.29, 1.82) is 0 Å². The Kier molecular flexibility index (Phi) is 3.81. The molecule has 1 aromatic heterocycles. The van der Waals surface area contributed by atoms with Crippen LogP contribution in [-0.2, 0) is 0 Å². The van der Waals surface area contributed by atoms with Crippen LogP contribution in [0.4, 0.5) is 5.82 Å². The van der Waals surface area contributed by atoms with Gasteiger partial charge in [-0.3, -0.25) is 10.2 Å². The van der Waals surface area contributed by atoms with Crippen molar-refractivity contribution < 1.29 is 4.79 Å². The third-order valence-corrected chi connectivity index (χ3v) is 1.48. The molecular formula is C8H13N5O. The van der Waals surface area contributed by atoms with Crippen molar-refractivity contribution in [2.45, 2.75) is 13.3 Å². The first kappa shape index (κ1) is 10.4. The number of nitrogen functional groups attached to an aromatic ring is 1. The summed E-state index contributed by atoms with van der Waals surface area (Å²) in [6.07, 6.45) is 3.61. The van der Waals surface area contributed by atoms with Gasteiger partial charge < -0.3 is 5.73 Å². The summed E-state index contributed by atoms with van der Waals surface area (Å²) >= 11 is 0. The van der Waals surface area contributed by atoms with Crippen molar-refractivity contribution in [2.24, 2.45) is 0 Å². The molecule has 1 heterocycles. The molecule has 0 saturated heterocycles. The predicted molar refractivity (Wildman–Crippen MR) is 52.2 cm³/mol. The summed E-state index contributed by atoms with van der Waals surface area (Å²) in [5.74, 6) is -0.0194. The summed E-state index contributed by atoms with van der Waals surface area (Å²) in [4.78, 5) is 18.9. The van der Waals surface area contributed by atoms with Gasteiger partial charge in [0.05, 0.1) is 12.4 Å². The Morgan fingerprint density at radius 3 is 2.86 bits per heavy atom. The highest BCUT2D eigenvalue weighted by molar-refractivity contribution is 5.91. The lowest BCUT2D eigenvalue weighted by molar-refractivity contribution is 0.0928. The third kappa shape index (κ3) is 2.98. The zero-order valence-electron chi connectivity index (χ0n) is 7.95. The van der Waals surface area contributed by atoms with Crippen molar-refractivity contribution in [2.75, 3.05) is 12.3 Å². The van der Waals surface area contributed by atoms with E-state index in [4.69, 9.17) is 5.73 Å². The Hall–Kier alpha value is -1.69. The SMILES string of the molecule is CCCNNC(=O)c1cnc(N)cn1. The van der Waals surface area contributed by atoms with Crippen LogP contribution < -0.4 is 16.6 Å². The second kappa shape index (κ2) is 5.13. The van der Waals surface area contributed by atoms with Gasteiger partial charge in [0.2, 0.25) is 0 Å². The number of carbonyl (C=O) groups excluding carboxylic acids is 1. The minimum Gasteiger partial charge on any atom is -0.382 e. The molecule has 0 aliphatic rings. The van der Waals surface area contributed by atoms with Gasteiger partial charge in [0, 0.05) is 6.54 Å². The standard InChI is InChI=1S/C8H13N5O/c1-2-3-12-13-8(14)6-4-11-7(9)5-10-6/h4-5,12H,2-3H2,1H3,(H2,9,11)(H,13,14). The van der Waals surface area contributed by atoms with Crippen molar-refractivity contribution in [3.8, 4) is 0 Å². The molecule has 0 aromatic carbocycles. The topological polar surface area (TPSA) is 92.9 Å². The highest BCUT2D eigenvalue weighted by Gasteiger charge is 2.05. The summed E-state index contributed by atoms with van der Waals surface area (Å²) < 4.78 is 0. The summed E-state index contributed by atoms with van der Waals surface area (Å²) in [5, 5.41) is 0. The molecule has 0 bridgehead atoms. The maximum Gasteiger partial charge on any atom is 0.285 e. The minimum atomic E-state index is -0.314. The van der Waals surface area contributed by atoms with E-state index >= 15 is 0 Å². The molecule has 0 aliphatic heterocycles. The summed E-state index contributed by atoms with van der Waals surface area (Å²) in [6, 6.07) is 0. The second-order valence-corrected chi connectivity index (χ2v) is 2.71. The molecule has 0 radical (unpaired) electrons. The lowest BCUT2D eigenvalue weighted by Crippen LogP contribution is -2.38. The van der Waals surface area contributed by atoms with E-state index in [2.05, 4.69) is 20.8 Å². The number of hydrazine groups is 1. The van der Waals surface area contributed by atoms with Crippen LogP contribution in [0.1, 0.15) is 23.8 Å². The second-order valence-electron chi connectivity index (χ2n) is 2.71. The number of amides is 1. The summed E-state index contributed by atoms with van der Waals surface area (Å²) in [5.41, 5.74) is 10.8. The lowest BCUT2D eigenvalue weighted by atomic mass is 10.4. The molecule has 1 aromatic rings. The zero-order valence-corrected chi connectivity index (χ0v) is 7.95. The Morgan fingerprint density at radius 1 is 1.50 bits per heavy atom. The van der Waals surface area contributed by atoms with Crippen molar-refractivity contribution in [1.82, 2.24) is 20.8 Å². The molecule has 0 saturated carbocycles. The number of carbonyl (C=O) groups is 1. The molecule has 1 amide bonds. The highest BCUT2D eigenvalue weighted by atomic mass is 16.2. The van der Waals surface area contributed by atoms with Crippen LogP contribution in [0.3, 0.4) is 0 Å². The molecule has 1 rings (SSSR count). The highest BCUT2D eigenvalue weighted by Crippen LogP contribution is 1.94. The molecule has 14 heavy (non-hydrogen) atoms. The van der Waals surface area contributed by atoms with Gasteiger partial charge in [-0.2, -0.15) is 0 Å². The molecule has 0 fully saturated rings. The molecule has 0 atom stereocenters. The number of hydrogen-bond donors (Lipinski definition) is 3. The van der Waals surface area contributed by atoms with Crippen LogP contribution >= 0.6 is 0 Å². The number of hydrogen-bond acceptors (Lipinski definition) is 5. The average Bonchev–Trinajstić information content (AvgIpc) is 2.19. The summed E-state index contributed by atoms with van der Waals surface area (Å²) in [6.45, 7) is 2.72. The monoisotopic (exact) mass is 195 g/mol. The van der Waals surface area contributed by atoms with E-state index in [1.54, 1.807) is 0 Å². The van der Waals surface area contributed by atoms with Gasteiger partial charge in [0.15, 0.2) is 0 Å². The van der Waals surface area contributed by atoms with Crippen LogP contribution in [0.5, 0.6) is 0 Å². The van der Waals surface area contributed by atoms with E-state index in [9.17, 15) is 4.79 Å². The Morgan fingerprint density at radius 2 is 2.29 bits per heavy atom. The van der Waals surface area contributed by atoms with Crippen LogP contribution in [0.2, 0.25) is 0 Å². The van der Waals surface area contributed by atoms with Crippen LogP contribution in [0.25, 0.3) is 0 Å². The molecule has 0 spiro atoms. The van der Waals surface area contributed by atoms with Gasteiger partial charge in [0.1, 0.15) is 11.5 Å². The first-order valence-corrected chi connectivity index (χ1v) is 4.34. The Balaban J connectivity index is 2.48. The van der Waals surface area contributed by atoms with Gasteiger partial charge in [0.25, 0.3) is 5.91 Å². The van der Waals surface area contributed by atoms with E-state index in [0.29, 0.717) is 12.4 Å². The molecule has 6 nitrogen and oxygen atoms in total. The van der Waals surface area contributed by atoms with Crippen molar-refractivity contribution >= 4 is 11.7 Å². The fourth-order valence-electron chi connectivity index (χ4n) is 0.787. The fourth-order valence-corrected chi connectivity index (χ4v) is 0.787. The van der Waals surface area contributed by atoms with Crippen molar-refractivity contribution in [3.63, 3.8) is 0 Å². The molecule has 0 aliphatic carbocycles. The van der Waals surface area contributed by atoms with E-state index in [1.165, 1.54) is 12.4 Å². The van der Waals surface area contributed by atoms with Crippen LogP contribution in [0, 0.1) is 0 Å². The number of anilines is 1. The normalized spacial score (nSPS) is 9.79. The number of nitrogens with one attached hydrogen (secondary N) is 2. The largest absolute Gasteiger partial charge is 0.382 e. The number of nitrogens with two attached hydrogens (primary N) is 1. The van der Waals surface area contributed by atoms with Gasteiger partial charge in [-0.05, 0) is 6.42 Å². The number of nitrogens with zero attached hydrogens (tertiary/aromatic N) is 2. The van der Waals surface area contributed by atoms with E-state index in [1.807, 2.05) is 6.92 Å². The van der Waals surface area contributed by atoms with Crippen LogP contribution in [0.15, 0.2) is 12.4 Å². The smallest absolute Gasteiger partial charge is 0.285 e. The van der Waals surface area contributed by atoms with E-state index < -0.39 is 0 Å². The molecule has 4 N–H and O–H groups in total. The summed E-state index contributed by atoms with van der Waals surface area (Å²) in [7, 11) is 0. The minimum absolute atomic E-state index is 0.239. The maximum atomic E-state index is 11.3. The zero-order chi connectivity index (χ0) is 10.4. The Labute approximate surface area is 81.9 Å². The average molecular weight is 195 g/mol. The Bertz CT molecular complexity index is 297. The first-order chi connectivity index (χ1) is 6.74. The maximum absolute atomic E-state index is 11.3. The van der Waals surface area contributed by atoms with E-state index in [-0.39, 0.29) is 11.6 Å². The predicted octanol–water partition coefficient (Wildman–Crippen LogP) is -0.297. The van der Waals surface area contributed by atoms with Crippen molar-refractivity contribution in [3.05, 3.63) is 18.1 Å². The molecule has 0 unspecified atom stereocenters. The molecule has 6 heteroatoms. The van der Waals surface area contributed by atoms with Gasteiger partial charge in [-0.1, -0.05) is 6.92 Å². The van der Waals surface area contributed by atoms with Gasteiger partial charge >= 0.3 is 0 Å². The third-order valence-electron chi connectivity index (χ3n) is 1.48. The van der Waals surface area contributed by atoms with Crippen LogP contribution in [-0.4, -0.2) is 22.4 Å². The quantitative estimate of drug-likeness (QED) is 0.453. The van der Waals surface area contributed by atoms with Gasteiger partial charge in [-0.15, -0.1) is 0 Å². The number of rotatable bonds is 4. The fraction of sp³-hybridized carbons (Fsp3) is 0.375. The lowest BCUT2D eigenvalue weighted by Gasteiger charge is -2.04.